The summed E-state index contributed by atoms with van der Waals surface area (Å²) in [6, 6.07) is 8.31. The van der Waals surface area contributed by atoms with Gasteiger partial charge in [0, 0.05) is 13.1 Å². The number of aryl methyl sites for hydroxylation is 1. The van der Waals surface area contributed by atoms with Gasteiger partial charge in [-0.3, -0.25) is 4.79 Å². The molecule has 0 N–H and O–H groups in total. The summed E-state index contributed by atoms with van der Waals surface area (Å²) in [5.41, 5.74) is 2.17. The molecule has 1 saturated heterocycles. The molecular weight excluding hydrogens is 238 g/mol. The normalized spacial score (nSPS) is 22.5. The van der Waals surface area contributed by atoms with Gasteiger partial charge in [0.05, 0.1) is 12.2 Å². The highest BCUT2D eigenvalue weighted by atomic mass is 16.5. The number of rotatable bonds is 4. The first kappa shape index (κ1) is 13.8. The van der Waals surface area contributed by atoms with Gasteiger partial charge in [-0.1, -0.05) is 36.4 Å². The molecule has 1 aliphatic heterocycles. The van der Waals surface area contributed by atoms with Gasteiger partial charge in [0.2, 0.25) is 5.91 Å². The second-order valence-electron chi connectivity index (χ2n) is 5.44. The molecule has 0 saturated carbocycles. The van der Waals surface area contributed by atoms with Crippen molar-refractivity contribution < 1.29 is 9.53 Å². The largest absolute Gasteiger partial charge is 0.369 e. The molecule has 0 bridgehead atoms. The SMILES string of the molecule is C=CC(=O)N1CCC(C)(OCc2cccc(C)c2)C1. The van der Waals surface area contributed by atoms with Crippen molar-refractivity contribution in [2.75, 3.05) is 13.1 Å². The van der Waals surface area contributed by atoms with E-state index in [1.54, 1.807) is 4.90 Å². The Morgan fingerprint density at radius 1 is 1.58 bits per heavy atom. The van der Waals surface area contributed by atoms with Gasteiger partial charge in [-0.15, -0.1) is 0 Å². The minimum absolute atomic E-state index is 0.0112. The molecule has 0 radical (unpaired) electrons. The first-order valence-electron chi connectivity index (χ1n) is 6.63. The lowest BCUT2D eigenvalue weighted by Crippen LogP contribution is -2.35. The number of carbonyl (C=O) groups excluding carboxylic acids is 1. The molecule has 1 amide bonds. The highest BCUT2D eigenvalue weighted by molar-refractivity contribution is 5.87. The third-order valence-electron chi connectivity index (χ3n) is 3.59. The van der Waals surface area contributed by atoms with Crippen LogP contribution in [-0.2, 0) is 16.1 Å². The zero-order chi connectivity index (χ0) is 13.9. The highest BCUT2D eigenvalue weighted by Crippen LogP contribution is 2.26. The fraction of sp³-hybridized carbons (Fsp3) is 0.438. The summed E-state index contributed by atoms with van der Waals surface area (Å²) in [5, 5.41) is 0. The summed E-state index contributed by atoms with van der Waals surface area (Å²) in [6.07, 6.45) is 2.24. The third kappa shape index (κ3) is 3.44. The lowest BCUT2D eigenvalue weighted by molar-refractivity contribution is -0.126. The van der Waals surface area contributed by atoms with Crippen molar-refractivity contribution >= 4 is 5.91 Å². The van der Waals surface area contributed by atoms with Gasteiger partial charge in [-0.2, -0.15) is 0 Å². The van der Waals surface area contributed by atoms with E-state index >= 15 is 0 Å². The van der Waals surface area contributed by atoms with Crippen molar-refractivity contribution in [2.24, 2.45) is 0 Å². The molecule has 2 rings (SSSR count). The van der Waals surface area contributed by atoms with Crippen LogP contribution in [0.25, 0.3) is 0 Å². The Balaban J connectivity index is 1.93. The standard InChI is InChI=1S/C16H21NO2/c1-4-15(18)17-9-8-16(3,12-17)19-11-14-7-5-6-13(2)10-14/h4-7,10H,1,8-9,11-12H2,2-3H3. The molecule has 1 aromatic rings. The third-order valence-corrected chi connectivity index (χ3v) is 3.59. The molecule has 1 fully saturated rings. The predicted octanol–water partition coefficient (Wildman–Crippen LogP) is 2.69. The van der Waals surface area contributed by atoms with E-state index in [0.29, 0.717) is 13.2 Å². The van der Waals surface area contributed by atoms with Crippen LogP contribution in [0.1, 0.15) is 24.5 Å². The number of hydrogen-bond donors (Lipinski definition) is 0. The van der Waals surface area contributed by atoms with Gasteiger partial charge in [0.25, 0.3) is 0 Å². The molecular formula is C16H21NO2. The van der Waals surface area contributed by atoms with Gasteiger partial charge in [0.15, 0.2) is 0 Å². The molecule has 1 unspecified atom stereocenters. The summed E-state index contributed by atoms with van der Waals surface area (Å²) in [7, 11) is 0. The highest BCUT2D eigenvalue weighted by Gasteiger charge is 2.36. The van der Waals surface area contributed by atoms with E-state index in [4.69, 9.17) is 4.74 Å². The van der Waals surface area contributed by atoms with Gasteiger partial charge in [-0.25, -0.2) is 0 Å². The van der Waals surface area contributed by atoms with Crippen LogP contribution in [0.15, 0.2) is 36.9 Å². The molecule has 0 spiro atoms. The Morgan fingerprint density at radius 2 is 2.37 bits per heavy atom. The summed E-state index contributed by atoms with van der Waals surface area (Å²) >= 11 is 0. The molecule has 19 heavy (non-hydrogen) atoms. The number of amides is 1. The van der Waals surface area contributed by atoms with Crippen LogP contribution in [0.3, 0.4) is 0 Å². The van der Waals surface area contributed by atoms with E-state index in [1.807, 2.05) is 6.07 Å². The number of benzene rings is 1. The Bertz CT molecular complexity index is 483. The van der Waals surface area contributed by atoms with E-state index in [-0.39, 0.29) is 11.5 Å². The second kappa shape index (κ2) is 5.57. The topological polar surface area (TPSA) is 29.5 Å². The average Bonchev–Trinajstić information content (AvgIpc) is 2.79. The van der Waals surface area contributed by atoms with E-state index in [0.717, 1.165) is 13.0 Å². The minimum Gasteiger partial charge on any atom is -0.369 e. The first-order valence-corrected chi connectivity index (χ1v) is 6.63. The van der Waals surface area contributed by atoms with Crippen LogP contribution in [0.4, 0.5) is 0 Å². The van der Waals surface area contributed by atoms with E-state index < -0.39 is 0 Å². The molecule has 1 aliphatic rings. The molecule has 1 atom stereocenters. The Labute approximate surface area is 114 Å². The Morgan fingerprint density at radius 3 is 3.05 bits per heavy atom. The van der Waals surface area contributed by atoms with E-state index in [2.05, 4.69) is 38.6 Å². The first-order chi connectivity index (χ1) is 9.02. The van der Waals surface area contributed by atoms with Crippen molar-refractivity contribution in [1.29, 1.82) is 0 Å². The van der Waals surface area contributed by atoms with Crippen LogP contribution in [0.5, 0.6) is 0 Å². The summed E-state index contributed by atoms with van der Waals surface area (Å²) in [6.45, 7) is 9.65. The van der Waals surface area contributed by atoms with Crippen molar-refractivity contribution in [3.8, 4) is 0 Å². The lowest BCUT2D eigenvalue weighted by atomic mass is 10.1. The quantitative estimate of drug-likeness (QED) is 0.778. The molecule has 102 valence electrons. The van der Waals surface area contributed by atoms with Gasteiger partial charge < -0.3 is 9.64 Å². The monoisotopic (exact) mass is 259 g/mol. The van der Waals surface area contributed by atoms with Crippen LogP contribution >= 0.6 is 0 Å². The number of carbonyl (C=O) groups is 1. The van der Waals surface area contributed by atoms with E-state index in [9.17, 15) is 4.79 Å². The van der Waals surface area contributed by atoms with Crippen molar-refractivity contribution in [3.63, 3.8) is 0 Å². The smallest absolute Gasteiger partial charge is 0.246 e. The summed E-state index contributed by atoms with van der Waals surface area (Å²) < 4.78 is 6.03. The number of hydrogen-bond acceptors (Lipinski definition) is 2. The molecule has 3 nitrogen and oxygen atoms in total. The maximum absolute atomic E-state index is 11.6. The zero-order valence-electron chi connectivity index (χ0n) is 11.7. The molecule has 1 aromatic carbocycles. The van der Waals surface area contributed by atoms with Crippen LogP contribution in [0, 0.1) is 6.92 Å². The summed E-state index contributed by atoms with van der Waals surface area (Å²) in [5.74, 6) is -0.0112. The van der Waals surface area contributed by atoms with Gasteiger partial charge in [0.1, 0.15) is 0 Å². The Hall–Kier alpha value is -1.61. The zero-order valence-corrected chi connectivity index (χ0v) is 11.7. The molecule has 3 heteroatoms. The maximum atomic E-state index is 11.6. The number of nitrogens with zero attached hydrogens (tertiary/aromatic N) is 1. The minimum atomic E-state index is -0.248. The maximum Gasteiger partial charge on any atom is 0.246 e. The van der Waals surface area contributed by atoms with Crippen LogP contribution < -0.4 is 0 Å². The van der Waals surface area contributed by atoms with Gasteiger partial charge >= 0.3 is 0 Å². The van der Waals surface area contributed by atoms with Crippen molar-refractivity contribution in [3.05, 3.63) is 48.0 Å². The fourth-order valence-corrected chi connectivity index (χ4v) is 2.43. The second-order valence-corrected chi connectivity index (χ2v) is 5.44. The van der Waals surface area contributed by atoms with Crippen LogP contribution in [0.2, 0.25) is 0 Å². The molecule has 1 heterocycles. The van der Waals surface area contributed by atoms with E-state index in [1.165, 1.54) is 17.2 Å². The van der Waals surface area contributed by atoms with Crippen LogP contribution in [-0.4, -0.2) is 29.5 Å². The molecule has 0 aromatic heterocycles. The molecule has 0 aliphatic carbocycles. The van der Waals surface area contributed by atoms with Crippen molar-refractivity contribution in [1.82, 2.24) is 4.90 Å². The van der Waals surface area contributed by atoms with Crippen molar-refractivity contribution in [2.45, 2.75) is 32.5 Å². The lowest BCUT2D eigenvalue weighted by Gasteiger charge is -2.25. The predicted molar refractivity (Wildman–Crippen MR) is 75.8 cm³/mol. The Kier molecular flexibility index (Phi) is 4.05. The average molecular weight is 259 g/mol. The van der Waals surface area contributed by atoms with Gasteiger partial charge in [-0.05, 0) is 31.9 Å². The number of ether oxygens (including phenoxy) is 1. The fourth-order valence-electron chi connectivity index (χ4n) is 2.43. The number of likely N-dealkylation sites (tertiary alicyclic amines) is 1. The summed E-state index contributed by atoms with van der Waals surface area (Å²) in [4.78, 5) is 13.4.